The largest absolute Gasteiger partial charge is 0.573 e. The molecule has 1 fully saturated rings. The van der Waals surface area contributed by atoms with Gasteiger partial charge in [0.05, 0.1) is 11.7 Å². The van der Waals surface area contributed by atoms with Crippen LogP contribution in [0.2, 0.25) is 0 Å². The van der Waals surface area contributed by atoms with Crippen LogP contribution in [0.25, 0.3) is 0 Å². The molecule has 0 bridgehead atoms. The molecule has 0 aliphatic heterocycles. The molecule has 1 aliphatic carbocycles. The molecule has 1 aliphatic rings. The van der Waals surface area contributed by atoms with E-state index >= 15 is 0 Å². The Bertz CT molecular complexity index is 532. The summed E-state index contributed by atoms with van der Waals surface area (Å²) >= 11 is 0. The molecular formula is C13H17F3IN3O. The summed E-state index contributed by atoms with van der Waals surface area (Å²) in [5.41, 5.74) is 5.94. The normalized spacial score (nSPS) is 20.4. The smallest absolute Gasteiger partial charge is 0.404 e. The Hall–Kier alpha value is -1.19. The number of rotatable bonds is 3. The summed E-state index contributed by atoms with van der Waals surface area (Å²) in [7, 11) is 0. The highest BCUT2D eigenvalue weighted by Gasteiger charge is 2.46. The average molecular weight is 415 g/mol. The van der Waals surface area contributed by atoms with Gasteiger partial charge in [-0.25, -0.2) is 4.99 Å². The zero-order valence-corrected chi connectivity index (χ0v) is 13.9. The van der Waals surface area contributed by atoms with Crippen molar-refractivity contribution < 1.29 is 17.9 Å². The lowest BCUT2D eigenvalue weighted by molar-refractivity contribution is -0.274. The first-order chi connectivity index (χ1) is 9.17. The predicted octanol–water partition coefficient (Wildman–Crippen LogP) is 3.73. The third-order valence-corrected chi connectivity index (χ3v) is 3.13. The number of halogens is 4. The van der Waals surface area contributed by atoms with Crippen LogP contribution in [-0.2, 0) is 0 Å². The van der Waals surface area contributed by atoms with Gasteiger partial charge in [0.1, 0.15) is 0 Å². The van der Waals surface area contributed by atoms with Crippen LogP contribution in [-0.4, -0.2) is 18.4 Å². The van der Waals surface area contributed by atoms with Crippen molar-refractivity contribution in [3.05, 3.63) is 24.3 Å². The zero-order chi connectivity index (χ0) is 15.0. The maximum absolute atomic E-state index is 12.3. The van der Waals surface area contributed by atoms with E-state index in [1.165, 1.54) is 18.2 Å². The van der Waals surface area contributed by atoms with E-state index in [-0.39, 0.29) is 52.8 Å². The third-order valence-electron chi connectivity index (χ3n) is 3.13. The first kappa shape index (κ1) is 17.9. The molecule has 4 nitrogen and oxygen atoms in total. The van der Waals surface area contributed by atoms with Crippen molar-refractivity contribution in [2.24, 2.45) is 16.1 Å². The lowest BCUT2D eigenvalue weighted by Crippen LogP contribution is -2.25. The van der Waals surface area contributed by atoms with Gasteiger partial charge < -0.3 is 15.8 Å². The van der Waals surface area contributed by atoms with Gasteiger partial charge in [0.2, 0.25) is 0 Å². The predicted molar refractivity (Wildman–Crippen MR) is 86.0 cm³/mol. The second kappa shape index (κ2) is 6.29. The number of hydrogen-bond donors (Lipinski definition) is 2. The van der Waals surface area contributed by atoms with E-state index in [1.807, 2.05) is 0 Å². The number of aliphatic imine (C=N–C) groups is 1. The number of nitrogens with two attached hydrogens (primary N) is 1. The minimum Gasteiger partial charge on any atom is -0.404 e. The Morgan fingerprint density at radius 1 is 1.38 bits per heavy atom. The van der Waals surface area contributed by atoms with E-state index in [2.05, 4.69) is 28.9 Å². The van der Waals surface area contributed by atoms with Gasteiger partial charge in [0, 0.05) is 0 Å². The lowest BCUT2D eigenvalue weighted by atomic mass is 10.2. The van der Waals surface area contributed by atoms with Gasteiger partial charge in [0.25, 0.3) is 0 Å². The van der Waals surface area contributed by atoms with Gasteiger partial charge in [0.15, 0.2) is 11.7 Å². The monoisotopic (exact) mass is 415 g/mol. The van der Waals surface area contributed by atoms with Crippen LogP contribution < -0.4 is 15.8 Å². The summed E-state index contributed by atoms with van der Waals surface area (Å²) in [6, 6.07) is 5.79. The van der Waals surface area contributed by atoms with Crippen LogP contribution in [0, 0.1) is 5.41 Å². The molecule has 0 radical (unpaired) electrons. The van der Waals surface area contributed by atoms with Crippen LogP contribution in [0.3, 0.4) is 0 Å². The summed E-state index contributed by atoms with van der Waals surface area (Å²) in [6.45, 7) is 4.10. The van der Waals surface area contributed by atoms with Gasteiger partial charge in [-0.2, -0.15) is 0 Å². The first-order valence-electron chi connectivity index (χ1n) is 6.12. The molecule has 3 N–H and O–H groups in total. The molecule has 0 heterocycles. The van der Waals surface area contributed by atoms with Crippen molar-refractivity contribution in [3.8, 4) is 5.75 Å². The summed E-state index contributed by atoms with van der Waals surface area (Å²) in [5, 5.41) is 2.64. The highest BCUT2D eigenvalue weighted by molar-refractivity contribution is 14.0. The first-order valence-corrected chi connectivity index (χ1v) is 6.12. The number of nitrogens with one attached hydrogen (secondary N) is 1. The Kier molecular flexibility index (Phi) is 5.35. The molecule has 21 heavy (non-hydrogen) atoms. The number of benzene rings is 1. The van der Waals surface area contributed by atoms with Crippen molar-refractivity contribution >= 4 is 35.6 Å². The second-order valence-electron chi connectivity index (χ2n) is 5.39. The van der Waals surface area contributed by atoms with Crippen LogP contribution in [0.4, 0.5) is 18.9 Å². The Balaban J connectivity index is 0.00000220. The topological polar surface area (TPSA) is 59.6 Å². The van der Waals surface area contributed by atoms with Gasteiger partial charge in [-0.3, -0.25) is 0 Å². The highest BCUT2D eigenvalue weighted by Crippen LogP contribution is 2.47. The maximum Gasteiger partial charge on any atom is 0.573 e. The Morgan fingerprint density at radius 3 is 2.48 bits per heavy atom. The minimum absolute atomic E-state index is 0. The standard InChI is InChI=1S/C13H16F3N3O.HI/c1-12(2)7-10(12)19-11(17)18-8-5-3-4-6-9(8)20-13(14,15)16;/h3-6,10H,7H2,1-2H3,(H3,17,18,19);1H. The van der Waals surface area contributed by atoms with Gasteiger partial charge in [-0.05, 0) is 24.0 Å². The molecule has 118 valence electrons. The number of nitrogens with zero attached hydrogens (tertiary/aromatic N) is 1. The zero-order valence-electron chi connectivity index (χ0n) is 11.6. The van der Waals surface area contributed by atoms with Crippen LogP contribution in [0.5, 0.6) is 5.75 Å². The number of para-hydroxylation sites is 2. The molecular weight excluding hydrogens is 398 g/mol. The molecule has 1 saturated carbocycles. The lowest BCUT2D eigenvalue weighted by Gasteiger charge is -2.14. The van der Waals surface area contributed by atoms with Crippen molar-refractivity contribution in [2.45, 2.75) is 32.7 Å². The number of hydrogen-bond acceptors (Lipinski definition) is 2. The molecule has 0 spiro atoms. The van der Waals surface area contributed by atoms with Gasteiger partial charge >= 0.3 is 6.36 Å². The molecule has 1 aromatic carbocycles. The number of guanidine groups is 1. The van der Waals surface area contributed by atoms with Crippen molar-refractivity contribution in [3.63, 3.8) is 0 Å². The van der Waals surface area contributed by atoms with E-state index < -0.39 is 6.36 Å². The maximum atomic E-state index is 12.3. The van der Waals surface area contributed by atoms with Gasteiger partial charge in [-0.15, -0.1) is 37.1 Å². The molecule has 8 heteroatoms. The van der Waals surface area contributed by atoms with Crippen molar-refractivity contribution in [1.29, 1.82) is 0 Å². The molecule has 1 atom stereocenters. The second-order valence-corrected chi connectivity index (χ2v) is 5.39. The summed E-state index contributed by atoms with van der Waals surface area (Å²) in [4.78, 5) is 4.22. The number of alkyl halides is 3. The summed E-state index contributed by atoms with van der Waals surface area (Å²) in [5.74, 6) is -0.257. The van der Waals surface area contributed by atoms with E-state index in [1.54, 1.807) is 6.07 Å². The third kappa shape index (κ3) is 5.25. The molecule has 0 saturated heterocycles. The number of ether oxygens (including phenoxy) is 1. The summed E-state index contributed by atoms with van der Waals surface area (Å²) < 4.78 is 40.7. The Labute approximate surface area is 138 Å². The quantitative estimate of drug-likeness (QED) is 0.450. The van der Waals surface area contributed by atoms with Crippen LogP contribution in [0.1, 0.15) is 20.3 Å². The van der Waals surface area contributed by atoms with E-state index in [9.17, 15) is 13.2 Å². The highest BCUT2D eigenvalue weighted by atomic mass is 127. The van der Waals surface area contributed by atoms with E-state index in [0.717, 1.165) is 6.42 Å². The number of anilines is 1. The van der Waals surface area contributed by atoms with Crippen LogP contribution >= 0.6 is 24.0 Å². The summed E-state index contributed by atoms with van der Waals surface area (Å²) in [6.07, 6.45) is -3.84. The van der Waals surface area contributed by atoms with E-state index in [0.29, 0.717) is 0 Å². The molecule has 1 unspecified atom stereocenters. The van der Waals surface area contributed by atoms with Crippen molar-refractivity contribution in [2.75, 3.05) is 5.32 Å². The molecule has 0 aromatic heterocycles. The fraction of sp³-hybridized carbons (Fsp3) is 0.462. The van der Waals surface area contributed by atoms with E-state index in [4.69, 9.17) is 5.73 Å². The average Bonchev–Trinajstić information content (AvgIpc) is 2.86. The van der Waals surface area contributed by atoms with Crippen LogP contribution in [0.15, 0.2) is 29.3 Å². The Morgan fingerprint density at radius 2 is 1.95 bits per heavy atom. The SMILES string of the molecule is CC1(C)CC1N=C(N)Nc1ccccc1OC(F)(F)F.I. The molecule has 2 rings (SSSR count). The molecule has 1 aromatic rings. The van der Waals surface area contributed by atoms with Crippen molar-refractivity contribution in [1.82, 2.24) is 0 Å². The fourth-order valence-corrected chi connectivity index (χ4v) is 1.78. The fourth-order valence-electron chi connectivity index (χ4n) is 1.78. The van der Waals surface area contributed by atoms with Gasteiger partial charge in [-0.1, -0.05) is 26.0 Å². The minimum atomic E-state index is -4.75. The molecule has 0 amide bonds.